The average Bonchev–Trinajstić information content (AvgIpc) is 2.54. The van der Waals surface area contributed by atoms with Crippen LogP contribution in [0.1, 0.15) is 19.8 Å². The van der Waals surface area contributed by atoms with E-state index in [0.717, 1.165) is 19.5 Å². The summed E-state index contributed by atoms with van der Waals surface area (Å²) in [6.45, 7) is 6.06. The van der Waals surface area contributed by atoms with Crippen LogP contribution in [-0.2, 0) is 4.74 Å². The molecule has 1 unspecified atom stereocenters. The minimum atomic E-state index is -0.497. The minimum absolute atomic E-state index is 0.0697. The van der Waals surface area contributed by atoms with Gasteiger partial charge in [-0.3, -0.25) is 10.1 Å². The summed E-state index contributed by atoms with van der Waals surface area (Å²) >= 11 is 0. The molecule has 2 N–H and O–H groups in total. The Morgan fingerprint density at radius 2 is 2.00 bits per heavy atom. The molecular formula is C14H22N6O3. The van der Waals surface area contributed by atoms with Crippen molar-refractivity contribution in [1.82, 2.24) is 9.97 Å². The van der Waals surface area contributed by atoms with Gasteiger partial charge in [0.05, 0.1) is 18.1 Å². The number of anilines is 3. The molecule has 1 aromatic rings. The van der Waals surface area contributed by atoms with E-state index in [1.807, 2.05) is 4.90 Å². The summed E-state index contributed by atoms with van der Waals surface area (Å²) < 4.78 is 5.32. The zero-order valence-corrected chi connectivity index (χ0v) is 13.3. The third-order valence-corrected chi connectivity index (χ3v) is 4.31. The average molecular weight is 322 g/mol. The van der Waals surface area contributed by atoms with E-state index in [1.54, 1.807) is 0 Å². The van der Waals surface area contributed by atoms with E-state index < -0.39 is 4.92 Å². The number of nitrogens with zero attached hydrogens (tertiary/aromatic N) is 5. The van der Waals surface area contributed by atoms with E-state index >= 15 is 0 Å². The van der Waals surface area contributed by atoms with E-state index in [9.17, 15) is 10.1 Å². The summed E-state index contributed by atoms with van der Waals surface area (Å²) in [6, 6.07) is 0. The maximum Gasteiger partial charge on any atom is 0.353 e. The second-order valence-electron chi connectivity index (χ2n) is 6.13. The maximum atomic E-state index is 11.4. The van der Waals surface area contributed by atoms with Gasteiger partial charge in [0.2, 0.25) is 17.6 Å². The van der Waals surface area contributed by atoms with Crippen LogP contribution in [0.3, 0.4) is 0 Å². The molecule has 2 aliphatic rings. The van der Waals surface area contributed by atoms with Crippen LogP contribution in [0.25, 0.3) is 0 Å². The van der Waals surface area contributed by atoms with E-state index in [0.29, 0.717) is 44.0 Å². The van der Waals surface area contributed by atoms with Gasteiger partial charge < -0.3 is 20.3 Å². The van der Waals surface area contributed by atoms with Crippen molar-refractivity contribution in [1.29, 1.82) is 0 Å². The van der Waals surface area contributed by atoms with E-state index in [1.165, 1.54) is 6.42 Å². The van der Waals surface area contributed by atoms with Crippen molar-refractivity contribution in [2.45, 2.75) is 19.8 Å². The second-order valence-corrected chi connectivity index (χ2v) is 6.13. The van der Waals surface area contributed by atoms with Crippen molar-refractivity contribution in [3.8, 4) is 0 Å². The molecule has 9 nitrogen and oxygen atoms in total. The molecule has 2 fully saturated rings. The number of nitro groups is 1. The first-order chi connectivity index (χ1) is 11.1. The first kappa shape index (κ1) is 15.7. The van der Waals surface area contributed by atoms with Crippen LogP contribution in [0.4, 0.5) is 23.3 Å². The lowest BCUT2D eigenvalue weighted by atomic mass is 10.0. The molecule has 1 aromatic heterocycles. The molecule has 0 amide bonds. The second kappa shape index (κ2) is 6.53. The van der Waals surface area contributed by atoms with Gasteiger partial charge in [-0.05, 0) is 18.8 Å². The highest BCUT2D eigenvalue weighted by Crippen LogP contribution is 2.34. The SMILES string of the molecule is CC1CCCN(c2nc(N)c([N+](=O)[O-])c(N3CCOCC3)n2)C1. The number of aromatic nitrogens is 2. The summed E-state index contributed by atoms with van der Waals surface area (Å²) in [5, 5.41) is 11.4. The molecule has 0 saturated carbocycles. The van der Waals surface area contributed by atoms with Crippen LogP contribution in [-0.4, -0.2) is 54.3 Å². The number of morpholine rings is 1. The molecule has 3 heterocycles. The van der Waals surface area contributed by atoms with E-state index in [2.05, 4.69) is 21.8 Å². The topological polar surface area (TPSA) is 111 Å². The van der Waals surface area contributed by atoms with Crippen LogP contribution in [0.2, 0.25) is 0 Å². The Kier molecular flexibility index (Phi) is 4.46. The molecule has 126 valence electrons. The fourth-order valence-corrected chi connectivity index (χ4v) is 3.13. The van der Waals surface area contributed by atoms with Gasteiger partial charge in [0.1, 0.15) is 0 Å². The quantitative estimate of drug-likeness (QED) is 0.649. The van der Waals surface area contributed by atoms with Crippen LogP contribution in [0.15, 0.2) is 0 Å². The van der Waals surface area contributed by atoms with Crippen molar-refractivity contribution in [2.24, 2.45) is 5.92 Å². The van der Waals surface area contributed by atoms with Crippen LogP contribution in [0, 0.1) is 16.0 Å². The maximum absolute atomic E-state index is 11.4. The lowest BCUT2D eigenvalue weighted by Gasteiger charge is -2.32. The number of piperidine rings is 1. The Bertz CT molecular complexity index is 590. The van der Waals surface area contributed by atoms with E-state index in [4.69, 9.17) is 10.5 Å². The number of hydrogen-bond donors (Lipinski definition) is 1. The third kappa shape index (κ3) is 3.29. The number of hydrogen-bond acceptors (Lipinski definition) is 8. The minimum Gasteiger partial charge on any atom is -0.378 e. The van der Waals surface area contributed by atoms with Gasteiger partial charge in [0.15, 0.2) is 0 Å². The van der Waals surface area contributed by atoms with Gasteiger partial charge in [-0.15, -0.1) is 0 Å². The molecule has 3 rings (SSSR count). The van der Waals surface area contributed by atoms with Gasteiger partial charge in [-0.2, -0.15) is 9.97 Å². The Hall–Kier alpha value is -2.16. The van der Waals surface area contributed by atoms with Gasteiger partial charge in [0, 0.05) is 26.2 Å². The number of rotatable bonds is 3. The number of ether oxygens (including phenoxy) is 1. The summed E-state index contributed by atoms with van der Waals surface area (Å²) in [6.07, 6.45) is 2.24. The highest BCUT2D eigenvalue weighted by Gasteiger charge is 2.30. The van der Waals surface area contributed by atoms with E-state index in [-0.39, 0.29) is 11.5 Å². The number of nitrogen functional groups attached to an aromatic ring is 1. The summed E-state index contributed by atoms with van der Waals surface area (Å²) in [7, 11) is 0. The van der Waals surface area contributed by atoms with Crippen molar-refractivity contribution < 1.29 is 9.66 Å². The molecule has 0 aromatic carbocycles. The molecule has 2 aliphatic heterocycles. The molecule has 0 spiro atoms. The molecule has 9 heteroatoms. The first-order valence-corrected chi connectivity index (χ1v) is 7.96. The van der Waals surface area contributed by atoms with Gasteiger partial charge >= 0.3 is 5.69 Å². The predicted octanol–water partition coefficient (Wildman–Crippen LogP) is 1.04. The summed E-state index contributed by atoms with van der Waals surface area (Å²) in [5.41, 5.74) is 5.69. The van der Waals surface area contributed by atoms with Crippen molar-refractivity contribution in [3.63, 3.8) is 0 Å². The zero-order valence-electron chi connectivity index (χ0n) is 13.3. The third-order valence-electron chi connectivity index (χ3n) is 4.31. The van der Waals surface area contributed by atoms with Crippen LogP contribution < -0.4 is 15.5 Å². The first-order valence-electron chi connectivity index (χ1n) is 7.96. The summed E-state index contributed by atoms with van der Waals surface area (Å²) in [4.78, 5) is 23.5. The number of nitrogens with two attached hydrogens (primary N) is 1. The van der Waals surface area contributed by atoms with Gasteiger partial charge in [-0.25, -0.2) is 0 Å². The van der Waals surface area contributed by atoms with Crippen LogP contribution >= 0.6 is 0 Å². The lowest BCUT2D eigenvalue weighted by molar-refractivity contribution is -0.383. The fraction of sp³-hybridized carbons (Fsp3) is 0.714. The summed E-state index contributed by atoms with van der Waals surface area (Å²) in [5.74, 6) is 1.27. The lowest BCUT2D eigenvalue weighted by Crippen LogP contribution is -2.39. The van der Waals surface area contributed by atoms with Gasteiger partial charge in [0.25, 0.3) is 0 Å². The molecule has 1 atom stereocenters. The Labute approximate surface area is 134 Å². The highest BCUT2D eigenvalue weighted by molar-refractivity contribution is 5.71. The Morgan fingerprint density at radius 3 is 2.65 bits per heavy atom. The largest absolute Gasteiger partial charge is 0.378 e. The van der Waals surface area contributed by atoms with Crippen molar-refractivity contribution in [3.05, 3.63) is 10.1 Å². The zero-order chi connectivity index (χ0) is 16.4. The molecule has 0 bridgehead atoms. The van der Waals surface area contributed by atoms with Gasteiger partial charge in [-0.1, -0.05) is 6.92 Å². The fourth-order valence-electron chi connectivity index (χ4n) is 3.13. The Morgan fingerprint density at radius 1 is 1.26 bits per heavy atom. The van der Waals surface area contributed by atoms with Crippen molar-refractivity contribution in [2.75, 3.05) is 54.9 Å². The standard InChI is InChI=1S/C14H22N6O3/c1-10-3-2-4-19(9-10)14-16-12(15)11(20(21)22)13(17-14)18-5-7-23-8-6-18/h10H,2-9H2,1H3,(H2,15,16,17). The molecule has 0 radical (unpaired) electrons. The molecule has 2 saturated heterocycles. The molecular weight excluding hydrogens is 300 g/mol. The molecule has 0 aliphatic carbocycles. The highest BCUT2D eigenvalue weighted by atomic mass is 16.6. The monoisotopic (exact) mass is 322 g/mol. The van der Waals surface area contributed by atoms with Crippen LogP contribution in [0.5, 0.6) is 0 Å². The van der Waals surface area contributed by atoms with Crippen molar-refractivity contribution >= 4 is 23.3 Å². The normalized spacial score (nSPS) is 22.2. The molecule has 23 heavy (non-hydrogen) atoms. The predicted molar refractivity (Wildman–Crippen MR) is 86.7 cm³/mol. The Balaban J connectivity index is 1.98. The smallest absolute Gasteiger partial charge is 0.353 e.